The van der Waals surface area contributed by atoms with E-state index in [1.807, 2.05) is 17.2 Å². The van der Waals surface area contributed by atoms with Gasteiger partial charge in [0.1, 0.15) is 5.70 Å². The molecule has 156 valence electrons. The number of likely N-dealkylation sites (tertiary alicyclic amines) is 1. The molecule has 0 bridgehead atoms. The van der Waals surface area contributed by atoms with Crippen LogP contribution in [0.4, 0.5) is 0 Å². The van der Waals surface area contributed by atoms with Gasteiger partial charge in [0.2, 0.25) is 5.91 Å². The number of carboxylic acid groups (broad SMARTS) is 1. The summed E-state index contributed by atoms with van der Waals surface area (Å²) in [6, 6.07) is -0.311. The highest BCUT2D eigenvalue weighted by Crippen LogP contribution is 2.52. The van der Waals surface area contributed by atoms with Crippen LogP contribution in [0.2, 0.25) is 0 Å². The van der Waals surface area contributed by atoms with E-state index in [-0.39, 0.29) is 29.5 Å². The van der Waals surface area contributed by atoms with Crippen molar-refractivity contribution in [2.45, 2.75) is 49.6 Å². The topological polar surface area (TPSA) is 118 Å². The smallest absolute Gasteiger partial charge is 0.353 e. The number of carboxylic acids is 1. The number of amides is 1. The van der Waals surface area contributed by atoms with Gasteiger partial charge in [-0.25, -0.2) is 9.78 Å². The van der Waals surface area contributed by atoms with Gasteiger partial charge in [-0.3, -0.25) is 10.2 Å². The minimum atomic E-state index is -1.12. The molecule has 0 spiro atoms. The molecule has 1 aromatic rings. The number of carbonyl (C=O) groups excluding carboxylic acids is 1. The molecule has 0 unspecified atom stereocenters. The number of aliphatic hydroxyl groups is 1. The minimum absolute atomic E-state index is 0.0256. The molecule has 0 aliphatic carbocycles. The molecule has 3 aliphatic heterocycles. The van der Waals surface area contributed by atoms with Crippen LogP contribution in [0.15, 0.2) is 20.3 Å². The normalized spacial score (nSPS) is 29.9. The molecule has 4 heterocycles. The number of rotatable bonds is 5. The number of thioether (sulfide) groups is 1. The monoisotopic (exact) mass is 436 g/mol. The Bertz CT molecular complexity index is 912. The van der Waals surface area contributed by atoms with Crippen LogP contribution < -0.4 is 0 Å². The summed E-state index contributed by atoms with van der Waals surface area (Å²) in [4.78, 5) is 33.1. The van der Waals surface area contributed by atoms with Crippen molar-refractivity contribution in [1.82, 2.24) is 14.8 Å². The fraction of sp³-hybridized carbons (Fsp3) is 0.579. The average Bonchev–Trinajstić information content (AvgIpc) is 3.33. The summed E-state index contributed by atoms with van der Waals surface area (Å²) in [6.07, 6.45) is 0.143. The zero-order chi connectivity index (χ0) is 21.0. The van der Waals surface area contributed by atoms with E-state index < -0.39 is 18.0 Å². The van der Waals surface area contributed by atoms with Crippen molar-refractivity contribution in [3.8, 4) is 0 Å². The number of nitrogens with one attached hydrogen (secondary N) is 1. The molecule has 3 N–H and O–H groups in total. The summed E-state index contributed by atoms with van der Waals surface area (Å²) in [5, 5.41) is 29.5. The number of β-lactam (4-membered cyclic amide) rings is 1. The number of fused-ring (bicyclic) bond motifs is 1. The Labute approximate surface area is 177 Å². The Balaban J connectivity index is 1.55. The molecule has 0 saturated carbocycles. The van der Waals surface area contributed by atoms with Crippen molar-refractivity contribution < 1.29 is 19.8 Å². The van der Waals surface area contributed by atoms with E-state index in [0.717, 1.165) is 29.5 Å². The number of amidine groups is 1. The van der Waals surface area contributed by atoms with Crippen molar-refractivity contribution >= 4 is 40.8 Å². The summed E-state index contributed by atoms with van der Waals surface area (Å²) in [5.74, 6) is -1.33. The first-order valence-electron chi connectivity index (χ1n) is 9.62. The van der Waals surface area contributed by atoms with E-state index in [2.05, 4.69) is 0 Å². The quantitative estimate of drug-likeness (QED) is 0.368. The first-order valence-corrected chi connectivity index (χ1v) is 11.3. The predicted octanol–water partition coefficient (Wildman–Crippen LogP) is 2.18. The van der Waals surface area contributed by atoms with E-state index in [1.54, 1.807) is 13.8 Å². The molecule has 4 rings (SSSR count). The fourth-order valence-electron chi connectivity index (χ4n) is 4.56. The van der Waals surface area contributed by atoms with Gasteiger partial charge in [-0.05, 0) is 20.3 Å². The lowest BCUT2D eigenvalue weighted by Gasteiger charge is -2.46. The van der Waals surface area contributed by atoms with Crippen molar-refractivity contribution in [2.75, 3.05) is 13.1 Å². The zero-order valence-corrected chi connectivity index (χ0v) is 18.1. The van der Waals surface area contributed by atoms with Crippen molar-refractivity contribution in [3.63, 3.8) is 0 Å². The third kappa shape index (κ3) is 3.27. The summed E-state index contributed by atoms with van der Waals surface area (Å²) in [6.45, 7) is 6.91. The maximum Gasteiger partial charge on any atom is 0.353 e. The standard InChI is InChI=1S/C19H24N4O4S2/c1-8-14-13(9(2)24)17(25)23(14)15(18(26)27)16(8)29-19-21-12(7-28-19)11-4-5-22(6-11)10(3)20/h7-9,11,13-14,20,24H,4-6H2,1-3H3,(H,26,27)/t8-,9-,11-,13-,14-/m1/s1. The molecule has 29 heavy (non-hydrogen) atoms. The van der Waals surface area contributed by atoms with Crippen molar-refractivity contribution in [1.29, 1.82) is 5.41 Å². The highest BCUT2D eigenvalue weighted by atomic mass is 32.2. The van der Waals surface area contributed by atoms with Crippen LogP contribution in [0, 0.1) is 17.2 Å². The molecule has 2 saturated heterocycles. The number of nitrogens with zero attached hydrogens (tertiary/aromatic N) is 3. The van der Waals surface area contributed by atoms with Gasteiger partial charge in [-0.2, -0.15) is 0 Å². The highest BCUT2D eigenvalue weighted by Gasteiger charge is 2.60. The largest absolute Gasteiger partial charge is 0.477 e. The lowest BCUT2D eigenvalue weighted by molar-refractivity contribution is -0.163. The number of aromatic nitrogens is 1. The molecule has 1 aromatic heterocycles. The van der Waals surface area contributed by atoms with E-state index in [9.17, 15) is 19.8 Å². The molecule has 3 aliphatic rings. The summed E-state index contributed by atoms with van der Waals surface area (Å²) in [7, 11) is 0. The van der Waals surface area contributed by atoms with Gasteiger partial charge < -0.3 is 20.0 Å². The van der Waals surface area contributed by atoms with Gasteiger partial charge in [-0.1, -0.05) is 18.7 Å². The molecule has 5 atom stereocenters. The second-order valence-electron chi connectivity index (χ2n) is 7.93. The van der Waals surface area contributed by atoms with E-state index in [4.69, 9.17) is 10.4 Å². The molecule has 10 heteroatoms. The van der Waals surface area contributed by atoms with E-state index >= 15 is 0 Å². The lowest BCUT2D eigenvalue weighted by atomic mass is 9.79. The van der Waals surface area contributed by atoms with Crippen molar-refractivity contribution in [2.24, 2.45) is 11.8 Å². The molecule has 0 aromatic carbocycles. The first-order chi connectivity index (χ1) is 13.7. The number of hydrogen-bond acceptors (Lipinski definition) is 7. The van der Waals surface area contributed by atoms with Gasteiger partial charge in [0.15, 0.2) is 4.34 Å². The molecular weight excluding hydrogens is 412 g/mol. The van der Waals surface area contributed by atoms with Crippen molar-refractivity contribution in [3.05, 3.63) is 21.7 Å². The molecule has 2 fully saturated rings. The van der Waals surface area contributed by atoms with E-state index in [0.29, 0.717) is 10.7 Å². The Morgan fingerprint density at radius 2 is 2.21 bits per heavy atom. The second kappa shape index (κ2) is 7.41. The Hall–Kier alpha value is -1.91. The van der Waals surface area contributed by atoms with E-state index in [1.165, 1.54) is 28.0 Å². The molecule has 8 nitrogen and oxygen atoms in total. The number of aliphatic carboxylic acids is 1. The van der Waals surface area contributed by atoms with Crippen LogP contribution in [0.5, 0.6) is 0 Å². The molecular formula is C19H24N4O4S2. The number of thiazole rings is 1. The maximum atomic E-state index is 12.4. The molecule has 0 radical (unpaired) electrons. The highest BCUT2D eigenvalue weighted by molar-refractivity contribution is 8.04. The molecule has 1 amide bonds. The minimum Gasteiger partial charge on any atom is -0.477 e. The van der Waals surface area contributed by atoms with Gasteiger partial charge >= 0.3 is 5.97 Å². The predicted molar refractivity (Wildman–Crippen MR) is 110 cm³/mol. The summed E-state index contributed by atoms with van der Waals surface area (Å²) >= 11 is 2.80. The fourth-order valence-corrected chi connectivity index (χ4v) is 6.74. The van der Waals surface area contributed by atoms with Crippen LogP contribution in [0.3, 0.4) is 0 Å². The van der Waals surface area contributed by atoms with Crippen LogP contribution in [0.25, 0.3) is 0 Å². The third-order valence-corrected chi connectivity index (χ3v) is 8.33. The van der Waals surface area contributed by atoms with Gasteiger partial charge in [0.25, 0.3) is 0 Å². The first kappa shape index (κ1) is 20.4. The van der Waals surface area contributed by atoms with Gasteiger partial charge in [0.05, 0.1) is 29.6 Å². The van der Waals surface area contributed by atoms with Gasteiger partial charge in [0, 0.05) is 35.2 Å². The van der Waals surface area contributed by atoms with Crippen LogP contribution >= 0.6 is 23.1 Å². The number of aliphatic hydroxyl groups excluding tert-OH is 1. The average molecular weight is 437 g/mol. The Morgan fingerprint density at radius 1 is 1.48 bits per heavy atom. The maximum absolute atomic E-state index is 12.4. The van der Waals surface area contributed by atoms with Crippen LogP contribution in [0.1, 0.15) is 38.8 Å². The van der Waals surface area contributed by atoms with Crippen LogP contribution in [-0.4, -0.2) is 67.9 Å². The summed E-state index contributed by atoms with van der Waals surface area (Å²) in [5.41, 5.74) is 1.00. The zero-order valence-electron chi connectivity index (χ0n) is 16.5. The third-order valence-electron chi connectivity index (χ3n) is 6.09. The Morgan fingerprint density at radius 3 is 2.79 bits per heavy atom. The second-order valence-corrected chi connectivity index (χ2v) is 10.1. The van der Waals surface area contributed by atoms with Gasteiger partial charge in [-0.15, -0.1) is 11.3 Å². The number of hydrogen-bond donors (Lipinski definition) is 3. The SMILES string of the molecule is CC(=N)N1CC[C@@H](c2csc(SC3=C(C(=O)O)N4C(=O)[C@H]([C@@H](C)O)[C@H]4[C@H]3C)n2)C1. The van der Waals surface area contributed by atoms with Crippen LogP contribution in [-0.2, 0) is 9.59 Å². The summed E-state index contributed by atoms with van der Waals surface area (Å²) < 4.78 is 0.758. The lowest BCUT2D eigenvalue weighted by Crippen LogP contribution is -2.63. The number of carbonyl (C=O) groups is 2. The Kier molecular flexibility index (Phi) is 5.20.